The van der Waals surface area contributed by atoms with Crippen LogP contribution in [0, 0.1) is 6.92 Å². The fourth-order valence-electron chi connectivity index (χ4n) is 2.81. The van der Waals surface area contributed by atoms with Crippen molar-refractivity contribution >= 4 is 11.8 Å². The lowest BCUT2D eigenvalue weighted by molar-refractivity contribution is 0.470. The summed E-state index contributed by atoms with van der Waals surface area (Å²) < 4.78 is 7.80. The van der Waals surface area contributed by atoms with Crippen LogP contribution in [0.3, 0.4) is 0 Å². The molecule has 0 amide bonds. The quantitative estimate of drug-likeness (QED) is 0.439. The molecule has 2 aromatic heterocycles. The third kappa shape index (κ3) is 3.80. The van der Waals surface area contributed by atoms with E-state index >= 15 is 0 Å². The molecule has 0 bridgehead atoms. The van der Waals surface area contributed by atoms with Gasteiger partial charge in [0.25, 0.3) is 0 Å². The largest absolute Gasteiger partial charge is 0.424 e. The maximum Gasteiger partial charge on any atom is 0.226 e. The Hall–Kier alpha value is -2.86. The van der Waals surface area contributed by atoms with Crippen LogP contribution in [0.15, 0.2) is 70.4 Å². The predicted octanol–water partition coefficient (Wildman–Crippen LogP) is 5.09. The summed E-state index contributed by atoms with van der Waals surface area (Å²) in [6.07, 6.45) is 2.67. The van der Waals surface area contributed by atoms with Crippen LogP contribution >= 0.6 is 11.8 Å². The third-order valence-electron chi connectivity index (χ3n) is 4.23. The first-order valence-corrected chi connectivity index (χ1v) is 9.87. The number of hydrogen-bond donors (Lipinski definition) is 0. The average molecular weight is 376 g/mol. The van der Waals surface area contributed by atoms with Crippen LogP contribution in [0.1, 0.15) is 24.3 Å². The Morgan fingerprint density at radius 3 is 2.41 bits per heavy atom. The molecule has 0 fully saturated rings. The van der Waals surface area contributed by atoms with Gasteiger partial charge >= 0.3 is 0 Å². The fourth-order valence-corrected chi connectivity index (χ4v) is 3.64. The van der Waals surface area contributed by atoms with Crippen molar-refractivity contribution in [1.29, 1.82) is 0 Å². The first kappa shape index (κ1) is 17.5. The molecule has 2 aromatic carbocycles. The number of hydrogen-bond acceptors (Lipinski definition) is 5. The lowest BCUT2D eigenvalue weighted by Crippen LogP contribution is -1.99. The normalized spacial score (nSPS) is 11.0. The Morgan fingerprint density at radius 2 is 1.70 bits per heavy atom. The molecule has 5 nitrogen and oxygen atoms in total. The van der Waals surface area contributed by atoms with Crippen molar-refractivity contribution in [3.05, 3.63) is 78.1 Å². The van der Waals surface area contributed by atoms with E-state index in [0.29, 0.717) is 17.5 Å². The highest BCUT2D eigenvalue weighted by atomic mass is 32.2. The number of rotatable bonds is 6. The van der Waals surface area contributed by atoms with Crippen molar-refractivity contribution in [2.75, 3.05) is 0 Å². The van der Waals surface area contributed by atoms with Crippen molar-refractivity contribution in [2.45, 2.75) is 31.2 Å². The number of imidazole rings is 1. The maximum absolute atomic E-state index is 5.62. The minimum Gasteiger partial charge on any atom is -0.424 e. The first-order valence-electron chi connectivity index (χ1n) is 8.89. The molecular formula is C21H20N4OS. The van der Waals surface area contributed by atoms with Crippen molar-refractivity contribution in [2.24, 2.45) is 0 Å². The van der Waals surface area contributed by atoms with E-state index in [4.69, 9.17) is 4.42 Å². The van der Waals surface area contributed by atoms with Gasteiger partial charge in [0.15, 0.2) is 5.16 Å². The van der Waals surface area contributed by atoms with E-state index in [0.717, 1.165) is 28.5 Å². The molecule has 4 aromatic rings. The van der Waals surface area contributed by atoms with E-state index < -0.39 is 0 Å². The molecule has 0 radical (unpaired) electrons. The van der Waals surface area contributed by atoms with Gasteiger partial charge < -0.3 is 4.42 Å². The van der Waals surface area contributed by atoms with Gasteiger partial charge in [0.1, 0.15) is 0 Å². The zero-order valence-electron chi connectivity index (χ0n) is 15.3. The standard InChI is InChI=1S/C21H20N4OS/c1-3-19-23-24-20(26-19)14-27-21-22-13-18(16-11-9-15(2)10-12-16)25(21)17-7-5-4-6-8-17/h4-13H,3,14H2,1-2H3. The molecular weight excluding hydrogens is 356 g/mol. The summed E-state index contributed by atoms with van der Waals surface area (Å²) in [7, 11) is 0. The number of aryl methyl sites for hydroxylation is 2. The van der Waals surface area contributed by atoms with E-state index in [2.05, 4.69) is 63.1 Å². The summed E-state index contributed by atoms with van der Waals surface area (Å²) in [4.78, 5) is 4.67. The minimum atomic E-state index is 0.587. The Bertz CT molecular complexity index is 1020. The van der Waals surface area contributed by atoms with E-state index in [1.54, 1.807) is 11.8 Å². The molecule has 0 aliphatic heterocycles. The van der Waals surface area contributed by atoms with Crippen LogP contribution < -0.4 is 0 Å². The van der Waals surface area contributed by atoms with Gasteiger partial charge in [-0.2, -0.15) is 0 Å². The molecule has 0 atom stereocenters. The number of para-hydroxylation sites is 1. The van der Waals surface area contributed by atoms with Crippen LogP contribution in [-0.2, 0) is 12.2 Å². The SMILES string of the molecule is CCc1nnc(CSc2ncc(-c3ccc(C)cc3)n2-c2ccccc2)o1. The topological polar surface area (TPSA) is 56.7 Å². The second-order valence-electron chi connectivity index (χ2n) is 6.19. The van der Waals surface area contributed by atoms with Gasteiger partial charge in [0.05, 0.1) is 17.6 Å². The highest BCUT2D eigenvalue weighted by Gasteiger charge is 2.15. The molecule has 4 rings (SSSR count). The number of thioether (sulfide) groups is 1. The maximum atomic E-state index is 5.62. The number of aromatic nitrogens is 4. The van der Waals surface area contributed by atoms with Gasteiger partial charge in [-0.15, -0.1) is 10.2 Å². The van der Waals surface area contributed by atoms with Crippen LogP contribution in [0.25, 0.3) is 16.9 Å². The van der Waals surface area contributed by atoms with Crippen molar-refractivity contribution < 1.29 is 4.42 Å². The van der Waals surface area contributed by atoms with Crippen molar-refractivity contribution in [3.8, 4) is 16.9 Å². The van der Waals surface area contributed by atoms with Crippen molar-refractivity contribution in [3.63, 3.8) is 0 Å². The van der Waals surface area contributed by atoms with E-state index in [-0.39, 0.29) is 0 Å². The molecule has 6 heteroatoms. The summed E-state index contributed by atoms with van der Waals surface area (Å²) in [6.45, 7) is 4.09. The van der Waals surface area contributed by atoms with Gasteiger partial charge in [-0.3, -0.25) is 4.57 Å². The smallest absolute Gasteiger partial charge is 0.226 e. The van der Waals surface area contributed by atoms with Crippen LogP contribution in [-0.4, -0.2) is 19.7 Å². The lowest BCUT2D eigenvalue weighted by atomic mass is 10.1. The molecule has 2 heterocycles. The van der Waals surface area contributed by atoms with E-state index in [1.165, 1.54) is 5.56 Å². The van der Waals surface area contributed by atoms with Gasteiger partial charge in [-0.25, -0.2) is 4.98 Å². The molecule has 0 saturated heterocycles. The van der Waals surface area contributed by atoms with Gasteiger partial charge in [0, 0.05) is 17.7 Å². The third-order valence-corrected chi connectivity index (χ3v) is 5.16. The Labute approximate surface area is 162 Å². The highest BCUT2D eigenvalue weighted by Crippen LogP contribution is 2.31. The molecule has 0 saturated carbocycles. The molecule has 0 aliphatic carbocycles. The predicted molar refractivity (Wildman–Crippen MR) is 107 cm³/mol. The minimum absolute atomic E-state index is 0.587. The lowest BCUT2D eigenvalue weighted by Gasteiger charge is -2.12. The van der Waals surface area contributed by atoms with Crippen molar-refractivity contribution in [1.82, 2.24) is 19.7 Å². The second-order valence-corrected chi connectivity index (χ2v) is 7.14. The molecule has 136 valence electrons. The second kappa shape index (κ2) is 7.80. The molecule has 27 heavy (non-hydrogen) atoms. The van der Waals surface area contributed by atoms with Gasteiger partial charge in [-0.1, -0.05) is 66.7 Å². The van der Waals surface area contributed by atoms with E-state index in [9.17, 15) is 0 Å². The molecule has 0 N–H and O–H groups in total. The highest BCUT2D eigenvalue weighted by molar-refractivity contribution is 7.98. The average Bonchev–Trinajstić information content (AvgIpc) is 3.34. The van der Waals surface area contributed by atoms with Crippen LogP contribution in [0.2, 0.25) is 0 Å². The Morgan fingerprint density at radius 1 is 0.963 bits per heavy atom. The number of nitrogens with zero attached hydrogens (tertiary/aromatic N) is 4. The zero-order chi connectivity index (χ0) is 18.6. The Balaban J connectivity index is 1.69. The molecule has 0 spiro atoms. The fraction of sp³-hybridized carbons (Fsp3) is 0.190. The Kier molecular flexibility index (Phi) is 5.07. The number of benzene rings is 2. The molecule has 0 aliphatic rings. The monoisotopic (exact) mass is 376 g/mol. The summed E-state index contributed by atoms with van der Waals surface area (Å²) in [5.41, 5.74) is 4.51. The van der Waals surface area contributed by atoms with Gasteiger partial charge in [-0.05, 0) is 19.1 Å². The molecule has 0 unspecified atom stereocenters. The summed E-state index contributed by atoms with van der Waals surface area (Å²) in [5.74, 6) is 1.87. The van der Waals surface area contributed by atoms with Crippen LogP contribution in [0.5, 0.6) is 0 Å². The first-order chi connectivity index (χ1) is 13.2. The van der Waals surface area contributed by atoms with Crippen LogP contribution in [0.4, 0.5) is 0 Å². The summed E-state index contributed by atoms with van der Waals surface area (Å²) in [5, 5.41) is 9.03. The van der Waals surface area contributed by atoms with E-state index in [1.807, 2.05) is 31.3 Å². The summed E-state index contributed by atoms with van der Waals surface area (Å²) >= 11 is 1.59. The summed E-state index contributed by atoms with van der Waals surface area (Å²) in [6, 6.07) is 18.8. The zero-order valence-corrected chi connectivity index (χ0v) is 16.1. The van der Waals surface area contributed by atoms with Gasteiger partial charge in [0.2, 0.25) is 11.8 Å².